The van der Waals surface area contributed by atoms with Gasteiger partial charge >= 0.3 is 0 Å². The van der Waals surface area contributed by atoms with E-state index in [9.17, 15) is 0 Å². The Morgan fingerprint density at radius 2 is 0.653 bits per heavy atom. The van der Waals surface area contributed by atoms with Gasteiger partial charge < -0.3 is 18.9 Å². The van der Waals surface area contributed by atoms with Crippen molar-refractivity contribution in [3.63, 3.8) is 0 Å². The van der Waals surface area contributed by atoms with Gasteiger partial charge in [0.05, 0.1) is 10.8 Å². The highest BCUT2D eigenvalue weighted by atomic mass is 16.5. The Morgan fingerprint density at radius 1 is 0.337 bits per heavy atom. The van der Waals surface area contributed by atoms with Crippen LogP contribution in [0, 0.1) is 0 Å². The second-order valence-corrected chi connectivity index (χ2v) is 25.2. The highest BCUT2D eigenvalue weighted by Gasteiger charge is 2.63. The minimum Gasteiger partial charge on any atom is -0.490 e. The van der Waals surface area contributed by atoms with Crippen LogP contribution in [0.2, 0.25) is 0 Å². The predicted octanol–water partition coefficient (Wildman–Crippen LogP) is 21.1. The summed E-state index contributed by atoms with van der Waals surface area (Å²) >= 11 is 0. The molecule has 0 amide bonds. The molecule has 4 aliphatic carbocycles. The van der Waals surface area contributed by atoms with Crippen LogP contribution in [0.4, 0.5) is 0 Å². The molecule has 0 radical (unpaired) electrons. The van der Waals surface area contributed by atoms with Crippen molar-refractivity contribution in [2.24, 2.45) is 0 Å². The van der Waals surface area contributed by atoms with E-state index in [4.69, 9.17) is 25.5 Å². The fourth-order valence-corrected chi connectivity index (χ4v) is 17.1. The van der Waals surface area contributed by atoms with Gasteiger partial charge in [0.2, 0.25) is 0 Å². The summed E-state index contributed by atoms with van der Waals surface area (Å²) in [7, 11) is 0. The molecule has 0 aromatic heterocycles. The van der Waals surface area contributed by atoms with Crippen LogP contribution >= 0.6 is 0 Å². The van der Waals surface area contributed by atoms with Crippen molar-refractivity contribution >= 4 is 5.57 Å². The monoisotopic (exact) mass is 1230 g/mol. The molecule has 0 spiro atoms. The van der Waals surface area contributed by atoms with E-state index in [1.807, 2.05) is 0 Å². The molecule has 0 bridgehead atoms. The largest absolute Gasteiger partial charge is 0.490 e. The van der Waals surface area contributed by atoms with E-state index in [1.165, 1.54) is 77.9 Å². The Balaban J connectivity index is 0.998. The first kappa shape index (κ1) is 60.1. The third kappa shape index (κ3) is 9.25. The molecular weight excluding hydrogens is 1160 g/mol. The number of hydrogen-bond donors (Lipinski definition) is 0. The van der Waals surface area contributed by atoms with Gasteiger partial charge in [-0.1, -0.05) is 282 Å². The van der Waals surface area contributed by atoms with Gasteiger partial charge in [-0.15, -0.1) is 0 Å². The van der Waals surface area contributed by atoms with Crippen LogP contribution in [0.3, 0.4) is 0 Å². The standard InChI is InChI=1S/C91H74O4/c1-7-24-85-87(78-30-17-23-36-84(78)90(85,64-38-46-68(47-39-64)92-55-8-2)65-40-48-69(49-41-65)93-56-9-3)62(6)60-88(79-31-18-12-25-72(79)73-26-13-19-32-80(73)88)89(81-33-20-14-27-74(81)75-28-15-21-34-82(75)89)61-63-37-54-77-76-29-16-22-35-83(76)91(86(77)59-63,66-42-50-70(51-43-66)94-57-10-4)67-44-52-71(53-45-67)95-58-11-5/h7-54,59H,2-6,55-58,60-61H2,1H3/b24-7-. The van der Waals surface area contributed by atoms with Crippen molar-refractivity contribution in [2.45, 2.75) is 41.4 Å². The summed E-state index contributed by atoms with van der Waals surface area (Å²) in [6, 6.07) is 97.3. The molecule has 0 saturated carbocycles. The lowest BCUT2D eigenvalue weighted by atomic mass is 9.50. The van der Waals surface area contributed by atoms with Crippen LogP contribution in [0.5, 0.6) is 23.0 Å². The minimum absolute atomic E-state index is 0.405. The average Bonchev–Trinajstić information content (AvgIpc) is 1.51. The van der Waals surface area contributed by atoms with E-state index in [0.717, 1.165) is 67.5 Å². The first-order valence-corrected chi connectivity index (χ1v) is 32.9. The van der Waals surface area contributed by atoms with Crippen molar-refractivity contribution in [2.75, 3.05) is 26.4 Å². The van der Waals surface area contributed by atoms with Gasteiger partial charge in [-0.05, 0) is 191 Å². The summed E-state index contributed by atoms with van der Waals surface area (Å²) in [6.07, 6.45) is 12.9. The van der Waals surface area contributed by atoms with E-state index < -0.39 is 21.7 Å². The lowest BCUT2D eigenvalue weighted by molar-refractivity contribution is 0.314. The van der Waals surface area contributed by atoms with Crippen LogP contribution in [0.25, 0.3) is 39.0 Å². The second kappa shape index (κ2) is 24.7. The van der Waals surface area contributed by atoms with Crippen LogP contribution in [-0.2, 0) is 28.1 Å². The highest BCUT2D eigenvalue weighted by Crippen LogP contribution is 2.70. The van der Waals surface area contributed by atoms with Gasteiger partial charge in [-0.25, -0.2) is 0 Å². The quantitative estimate of drug-likeness (QED) is 0.0598. The molecule has 11 aromatic carbocycles. The van der Waals surface area contributed by atoms with E-state index in [1.54, 1.807) is 24.3 Å². The van der Waals surface area contributed by atoms with Crippen molar-refractivity contribution in [3.05, 3.63) is 414 Å². The Bertz CT molecular complexity index is 4680. The zero-order valence-corrected chi connectivity index (χ0v) is 53.7. The molecule has 15 rings (SSSR count). The van der Waals surface area contributed by atoms with Gasteiger partial charge in [0.1, 0.15) is 49.4 Å². The number of rotatable bonds is 23. The second-order valence-electron chi connectivity index (χ2n) is 25.2. The molecule has 0 atom stereocenters. The summed E-state index contributed by atoms with van der Waals surface area (Å²) in [5, 5.41) is 0. The molecular formula is C91H74O4. The number of allylic oxidation sites excluding steroid dienone is 5. The molecule has 0 saturated heterocycles. The molecule has 0 heterocycles. The first-order valence-electron chi connectivity index (χ1n) is 32.9. The van der Waals surface area contributed by atoms with Gasteiger partial charge in [0.25, 0.3) is 0 Å². The fraction of sp³-hybridized carbons (Fsp3) is 0.121. The lowest BCUT2D eigenvalue weighted by Crippen LogP contribution is -2.51. The SMILES string of the molecule is C=CCOc1ccc(C2(c3ccc(OCC=C)cc3)C(/C=C\C)=C(C(=C)CC3(C4(Cc5ccc6c(c5)C(c5ccc(OCC=C)cc5)(c5ccc(OCC=C)cc5)c5ccccc5-6)c5ccccc5-c5ccccc54)c4ccccc4-c4ccccc43)c3ccccc32)cc1. The summed E-state index contributed by atoms with van der Waals surface area (Å²) < 4.78 is 24.7. The molecule has 11 aromatic rings. The van der Waals surface area contributed by atoms with Gasteiger partial charge in [0, 0.05) is 10.8 Å². The van der Waals surface area contributed by atoms with E-state index in [0.29, 0.717) is 39.3 Å². The van der Waals surface area contributed by atoms with Crippen LogP contribution < -0.4 is 18.9 Å². The molecule has 95 heavy (non-hydrogen) atoms. The molecule has 462 valence electrons. The van der Waals surface area contributed by atoms with Crippen molar-refractivity contribution < 1.29 is 18.9 Å². The molecule has 0 unspecified atom stereocenters. The van der Waals surface area contributed by atoms with Gasteiger partial charge in [-0.3, -0.25) is 0 Å². The summed E-state index contributed by atoms with van der Waals surface area (Å²) in [5.41, 5.74) is 23.2. The summed E-state index contributed by atoms with van der Waals surface area (Å²) in [4.78, 5) is 0. The summed E-state index contributed by atoms with van der Waals surface area (Å²) in [6.45, 7) is 25.1. The van der Waals surface area contributed by atoms with Crippen LogP contribution in [0.15, 0.2) is 341 Å². The van der Waals surface area contributed by atoms with E-state index >= 15 is 0 Å². The van der Waals surface area contributed by atoms with Crippen LogP contribution in [-0.4, -0.2) is 26.4 Å². The summed E-state index contributed by atoms with van der Waals surface area (Å²) in [5.74, 6) is 3.13. The molecule has 4 heteroatoms. The van der Waals surface area contributed by atoms with E-state index in [2.05, 4.69) is 306 Å². The zero-order valence-electron chi connectivity index (χ0n) is 53.7. The average molecular weight is 1230 g/mol. The number of ether oxygens (including phenoxy) is 4. The maximum absolute atomic E-state index is 6.18. The molecule has 4 aliphatic rings. The maximum Gasteiger partial charge on any atom is 0.119 e. The Hall–Kier alpha value is -11.2. The van der Waals surface area contributed by atoms with Crippen molar-refractivity contribution in [1.82, 2.24) is 0 Å². The third-order valence-corrected chi connectivity index (χ3v) is 20.5. The predicted molar refractivity (Wildman–Crippen MR) is 390 cm³/mol. The maximum atomic E-state index is 6.18. The fourth-order valence-electron chi connectivity index (χ4n) is 17.1. The normalized spacial score (nSPS) is 14.9. The molecule has 0 aliphatic heterocycles. The molecule has 4 nitrogen and oxygen atoms in total. The number of hydrogen-bond acceptors (Lipinski definition) is 4. The van der Waals surface area contributed by atoms with Crippen molar-refractivity contribution in [3.8, 4) is 56.4 Å². The van der Waals surface area contributed by atoms with E-state index in [-0.39, 0.29) is 0 Å². The van der Waals surface area contributed by atoms with Gasteiger partial charge in [0.15, 0.2) is 0 Å². The molecule has 0 fully saturated rings. The Morgan fingerprint density at radius 3 is 1.03 bits per heavy atom. The smallest absolute Gasteiger partial charge is 0.119 e. The minimum atomic E-state index is -0.801. The number of fused-ring (bicyclic) bond motifs is 10. The molecule has 0 N–H and O–H groups in total. The Labute approximate surface area is 559 Å². The topological polar surface area (TPSA) is 36.9 Å². The zero-order chi connectivity index (χ0) is 64.7. The highest BCUT2D eigenvalue weighted by molar-refractivity contribution is 5.97. The van der Waals surface area contributed by atoms with Crippen molar-refractivity contribution in [1.29, 1.82) is 0 Å². The third-order valence-electron chi connectivity index (χ3n) is 20.5. The number of benzene rings is 11. The lowest BCUT2D eigenvalue weighted by Gasteiger charge is -2.51. The Kier molecular flexibility index (Phi) is 15.6. The first-order chi connectivity index (χ1) is 46.8. The van der Waals surface area contributed by atoms with Gasteiger partial charge in [-0.2, -0.15) is 0 Å². The van der Waals surface area contributed by atoms with Crippen LogP contribution in [0.1, 0.15) is 85.7 Å².